The summed E-state index contributed by atoms with van der Waals surface area (Å²) in [7, 11) is 1.27. The molecule has 2 aromatic carbocycles. The van der Waals surface area contributed by atoms with Gasteiger partial charge < -0.3 is 9.15 Å². The number of methoxy groups -OCH3 is 1. The van der Waals surface area contributed by atoms with Gasteiger partial charge in [0.05, 0.1) is 38.9 Å². The number of nitro groups is 1. The quantitative estimate of drug-likeness (QED) is 0.192. The van der Waals surface area contributed by atoms with Crippen molar-refractivity contribution >= 4 is 52.3 Å². The lowest BCUT2D eigenvalue weighted by molar-refractivity contribution is -0.384. The maximum absolute atomic E-state index is 13.6. The van der Waals surface area contributed by atoms with Crippen molar-refractivity contribution in [3.8, 4) is 11.3 Å². The molecule has 5 rings (SSSR count). The number of ether oxygens (including phenoxy) is 1. The predicted molar refractivity (Wildman–Crippen MR) is 143 cm³/mol. The van der Waals surface area contributed by atoms with E-state index in [0.29, 0.717) is 42.7 Å². The summed E-state index contributed by atoms with van der Waals surface area (Å²) in [5.41, 5.74) is 1.18. The van der Waals surface area contributed by atoms with Gasteiger partial charge in [-0.15, -0.1) is 0 Å². The fourth-order valence-electron chi connectivity index (χ4n) is 4.17. The Balaban J connectivity index is 1.63. The Morgan fingerprint density at radius 3 is 2.61 bits per heavy atom. The summed E-state index contributed by atoms with van der Waals surface area (Å²) in [6, 6.07) is 13.4. The fraction of sp³-hybridized carbons (Fsp3) is 0.115. The van der Waals surface area contributed by atoms with Gasteiger partial charge in [0, 0.05) is 28.8 Å². The molecule has 2 aromatic heterocycles. The maximum Gasteiger partial charge on any atom is 0.338 e. The van der Waals surface area contributed by atoms with E-state index in [1.807, 2.05) is 0 Å². The number of hydrogen-bond donors (Lipinski definition) is 0. The Morgan fingerprint density at radius 1 is 1.18 bits per heavy atom. The highest BCUT2D eigenvalue weighted by molar-refractivity contribution is 7.07. The number of hydrogen-bond acceptors (Lipinski definition) is 8. The molecule has 0 radical (unpaired) electrons. The number of fused-ring (bicyclic) bond motifs is 1. The molecule has 1 atom stereocenters. The summed E-state index contributed by atoms with van der Waals surface area (Å²) in [6.07, 6.45) is 1.55. The van der Waals surface area contributed by atoms with Crippen molar-refractivity contribution < 1.29 is 18.9 Å². The smallest absolute Gasteiger partial charge is 0.338 e. The Labute approximate surface area is 228 Å². The second kappa shape index (κ2) is 10.1. The molecule has 0 aliphatic carbocycles. The van der Waals surface area contributed by atoms with E-state index < -0.39 is 16.9 Å². The summed E-state index contributed by atoms with van der Waals surface area (Å²) < 4.78 is 12.6. The first-order valence-electron chi connectivity index (χ1n) is 11.1. The second-order valence-electron chi connectivity index (χ2n) is 8.25. The first kappa shape index (κ1) is 25.7. The number of nitrogens with zero attached hydrogens (tertiary/aromatic N) is 3. The number of nitro benzene ring substituents is 1. The molecule has 12 heteroatoms. The zero-order valence-corrected chi connectivity index (χ0v) is 22.1. The Hall–Kier alpha value is -3.99. The van der Waals surface area contributed by atoms with Crippen LogP contribution in [-0.2, 0) is 9.53 Å². The molecular weight excluding hydrogens is 553 g/mol. The van der Waals surface area contributed by atoms with Crippen molar-refractivity contribution in [2.24, 2.45) is 4.99 Å². The monoisotopic (exact) mass is 569 g/mol. The van der Waals surface area contributed by atoms with Gasteiger partial charge in [-0.05, 0) is 42.8 Å². The van der Waals surface area contributed by atoms with Gasteiger partial charge in [0.2, 0.25) is 0 Å². The van der Waals surface area contributed by atoms with E-state index in [0.717, 1.165) is 11.3 Å². The molecule has 9 nitrogen and oxygen atoms in total. The average Bonchev–Trinajstić information content (AvgIpc) is 3.47. The van der Waals surface area contributed by atoms with Crippen LogP contribution >= 0.6 is 34.5 Å². The van der Waals surface area contributed by atoms with E-state index in [-0.39, 0.29) is 21.8 Å². The van der Waals surface area contributed by atoms with Crippen LogP contribution in [0.2, 0.25) is 10.0 Å². The number of allylic oxidation sites excluding steroid dienone is 1. The molecule has 0 saturated heterocycles. The highest BCUT2D eigenvalue weighted by atomic mass is 35.5. The Kier molecular flexibility index (Phi) is 6.78. The molecule has 38 heavy (non-hydrogen) atoms. The lowest BCUT2D eigenvalue weighted by Crippen LogP contribution is -2.39. The number of halogens is 2. The summed E-state index contributed by atoms with van der Waals surface area (Å²) in [5.74, 6) is 0.0466. The van der Waals surface area contributed by atoms with E-state index in [1.54, 1.807) is 49.4 Å². The molecule has 0 bridgehead atoms. The second-order valence-corrected chi connectivity index (χ2v) is 10.1. The van der Waals surface area contributed by atoms with Gasteiger partial charge in [-0.1, -0.05) is 46.7 Å². The Morgan fingerprint density at radius 2 is 1.92 bits per heavy atom. The number of carbonyl (C=O) groups excluding carboxylic acids is 1. The van der Waals surface area contributed by atoms with Crippen LogP contribution in [0.5, 0.6) is 0 Å². The van der Waals surface area contributed by atoms with Crippen LogP contribution in [0.25, 0.3) is 17.4 Å². The largest absolute Gasteiger partial charge is 0.466 e. The molecule has 0 fully saturated rings. The third-order valence-electron chi connectivity index (χ3n) is 5.94. The van der Waals surface area contributed by atoms with Crippen LogP contribution in [0.15, 0.2) is 80.1 Å². The van der Waals surface area contributed by atoms with Crippen molar-refractivity contribution in [1.82, 2.24) is 4.57 Å². The molecule has 0 spiro atoms. The van der Waals surface area contributed by atoms with Crippen molar-refractivity contribution in [3.63, 3.8) is 0 Å². The number of furan rings is 1. The van der Waals surface area contributed by atoms with Crippen LogP contribution in [0.1, 0.15) is 24.3 Å². The van der Waals surface area contributed by atoms with Gasteiger partial charge >= 0.3 is 5.97 Å². The lowest BCUT2D eigenvalue weighted by Gasteiger charge is -2.24. The molecule has 0 unspecified atom stereocenters. The zero-order chi connectivity index (χ0) is 27.1. The topological polar surface area (TPSA) is 117 Å². The molecule has 4 aromatic rings. The van der Waals surface area contributed by atoms with Crippen molar-refractivity contribution in [1.29, 1.82) is 0 Å². The molecule has 0 amide bonds. The van der Waals surface area contributed by atoms with E-state index >= 15 is 0 Å². The molecule has 0 saturated carbocycles. The predicted octanol–water partition coefficient (Wildman–Crippen LogP) is 4.88. The number of rotatable bonds is 5. The SMILES string of the molecule is COC(=O)C1=C(C)N=c2s/c(=C\c3ccc(-c4cc([N+](=O)[O-])ccc4Cl)o3)c(=O)n2[C@@H]1c1ccc(Cl)cc1. The van der Waals surface area contributed by atoms with Crippen LogP contribution in [-0.4, -0.2) is 22.6 Å². The Bertz CT molecular complexity index is 1820. The number of aromatic nitrogens is 1. The third-order valence-corrected chi connectivity index (χ3v) is 7.50. The summed E-state index contributed by atoms with van der Waals surface area (Å²) in [4.78, 5) is 41.9. The minimum Gasteiger partial charge on any atom is -0.466 e. The molecule has 3 heterocycles. The van der Waals surface area contributed by atoms with Crippen LogP contribution in [0.4, 0.5) is 5.69 Å². The number of esters is 1. The highest BCUT2D eigenvalue weighted by Crippen LogP contribution is 2.33. The summed E-state index contributed by atoms with van der Waals surface area (Å²) in [6.45, 7) is 1.69. The first-order valence-corrected chi connectivity index (χ1v) is 12.7. The first-order chi connectivity index (χ1) is 18.2. The number of non-ortho nitro benzene ring substituents is 1. The van der Waals surface area contributed by atoms with E-state index in [1.165, 1.54) is 29.9 Å². The van der Waals surface area contributed by atoms with E-state index in [4.69, 9.17) is 32.4 Å². The van der Waals surface area contributed by atoms with Crippen LogP contribution < -0.4 is 14.9 Å². The van der Waals surface area contributed by atoms with Gasteiger partial charge in [0.25, 0.3) is 11.2 Å². The van der Waals surface area contributed by atoms with Gasteiger partial charge in [-0.2, -0.15) is 0 Å². The molecule has 1 aliphatic heterocycles. The van der Waals surface area contributed by atoms with Crippen molar-refractivity contribution in [3.05, 3.63) is 117 Å². The summed E-state index contributed by atoms with van der Waals surface area (Å²) >= 11 is 13.4. The highest BCUT2D eigenvalue weighted by Gasteiger charge is 2.33. The maximum atomic E-state index is 13.6. The van der Waals surface area contributed by atoms with Crippen LogP contribution in [0.3, 0.4) is 0 Å². The standard InChI is InChI=1S/C26H17Cl2N3O6S/c1-13-22(25(33)36-2)23(14-3-5-15(27)6-4-14)30-24(32)21(38-26(30)29-13)12-17-8-10-20(37-17)18-11-16(31(34)35)7-9-19(18)28/h3-12,23H,1-2H3/b21-12-/t23-/m1/s1. The third kappa shape index (κ3) is 4.58. The van der Waals surface area contributed by atoms with Crippen LogP contribution in [0, 0.1) is 10.1 Å². The average molecular weight is 570 g/mol. The lowest BCUT2D eigenvalue weighted by atomic mass is 9.96. The van der Waals surface area contributed by atoms with Crippen molar-refractivity contribution in [2.75, 3.05) is 7.11 Å². The normalized spacial score (nSPS) is 15.3. The molecule has 192 valence electrons. The van der Waals surface area contributed by atoms with Crippen molar-refractivity contribution in [2.45, 2.75) is 13.0 Å². The molecular formula is C26H17Cl2N3O6S. The molecule has 0 N–H and O–H groups in total. The van der Waals surface area contributed by atoms with Gasteiger partial charge in [-0.25, -0.2) is 9.79 Å². The molecule has 1 aliphatic rings. The number of benzene rings is 2. The number of carbonyl (C=O) groups is 1. The van der Waals surface area contributed by atoms with E-state index in [9.17, 15) is 19.7 Å². The fourth-order valence-corrected chi connectivity index (χ4v) is 5.54. The van der Waals surface area contributed by atoms with Gasteiger partial charge in [-0.3, -0.25) is 19.5 Å². The van der Waals surface area contributed by atoms with E-state index in [2.05, 4.69) is 4.99 Å². The zero-order valence-electron chi connectivity index (χ0n) is 19.8. The minimum atomic E-state index is -0.769. The number of thiazole rings is 1. The van der Waals surface area contributed by atoms with Gasteiger partial charge in [0.1, 0.15) is 11.5 Å². The van der Waals surface area contributed by atoms with Gasteiger partial charge in [0.15, 0.2) is 4.80 Å². The summed E-state index contributed by atoms with van der Waals surface area (Å²) in [5, 5.41) is 12.0. The minimum absolute atomic E-state index is 0.130.